The zero-order valence-corrected chi connectivity index (χ0v) is 15.1. The Hall–Kier alpha value is -0.610. The molecule has 0 unspecified atom stereocenters. The molecule has 0 saturated heterocycles. The molecule has 23 heavy (non-hydrogen) atoms. The highest BCUT2D eigenvalue weighted by Gasteiger charge is 2.04. The molecule has 0 aromatic heterocycles. The average molecular weight is 331 g/mol. The molecule has 0 heterocycles. The van der Waals surface area contributed by atoms with Gasteiger partial charge in [-0.15, -0.1) is 0 Å². The Kier molecular flexibility index (Phi) is 17.3. The van der Waals surface area contributed by atoms with Crippen molar-refractivity contribution in [3.05, 3.63) is 0 Å². The van der Waals surface area contributed by atoms with Crippen LogP contribution in [-0.4, -0.2) is 29.1 Å². The standard InChI is InChI=1S/C19H38O4/c1-2-3-4-5-6-7-8-9-10-11-12-13-14-15-19(22)23-17-16-18(20)21/h18,20-21H,2-17H2,1H3. The van der Waals surface area contributed by atoms with E-state index >= 15 is 0 Å². The van der Waals surface area contributed by atoms with Gasteiger partial charge in [-0.1, -0.05) is 84.0 Å². The molecule has 0 aromatic carbocycles. The second-order valence-corrected chi connectivity index (χ2v) is 6.48. The molecule has 0 amide bonds. The molecule has 0 saturated carbocycles. The summed E-state index contributed by atoms with van der Waals surface area (Å²) in [5.41, 5.74) is 0. The summed E-state index contributed by atoms with van der Waals surface area (Å²) in [5, 5.41) is 17.3. The van der Waals surface area contributed by atoms with Crippen molar-refractivity contribution in [2.45, 2.75) is 110 Å². The zero-order valence-electron chi connectivity index (χ0n) is 15.1. The van der Waals surface area contributed by atoms with Crippen LogP contribution in [0.15, 0.2) is 0 Å². The number of carbonyl (C=O) groups excluding carboxylic acids is 1. The third-order valence-electron chi connectivity index (χ3n) is 4.12. The van der Waals surface area contributed by atoms with Gasteiger partial charge in [-0.3, -0.25) is 4.79 Å². The van der Waals surface area contributed by atoms with E-state index in [4.69, 9.17) is 14.9 Å². The predicted octanol–water partition coefficient (Wildman–Crippen LogP) is 4.71. The Bertz CT molecular complexity index is 254. The fourth-order valence-corrected chi connectivity index (χ4v) is 2.64. The first-order valence-corrected chi connectivity index (χ1v) is 9.68. The molecule has 0 atom stereocenters. The van der Waals surface area contributed by atoms with Gasteiger partial charge in [-0.2, -0.15) is 0 Å². The lowest BCUT2D eigenvalue weighted by molar-refractivity contribution is -0.146. The molecule has 0 fully saturated rings. The number of unbranched alkanes of at least 4 members (excludes halogenated alkanes) is 12. The number of ether oxygens (including phenoxy) is 1. The number of carbonyl (C=O) groups is 1. The SMILES string of the molecule is CCCCCCCCCCCCCCCC(=O)OCCC(O)O. The van der Waals surface area contributed by atoms with Crippen LogP contribution in [-0.2, 0) is 9.53 Å². The van der Waals surface area contributed by atoms with Gasteiger partial charge in [0.2, 0.25) is 0 Å². The molecule has 0 aromatic rings. The lowest BCUT2D eigenvalue weighted by Crippen LogP contribution is -2.12. The Balaban J connectivity index is 3.11. The number of esters is 1. The highest BCUT2D eigenvalue weighted by Crippen LogP contribution is 2.13. The monoisotopic (exact) mass is 330 g/mol. The van der Waals surface area contributed by atoms with Gasteiger partial charge in [0, 0.05) is 12.8 Å². The summed E-state index contributed by atoms with van der Waals surface area (Å²) >= 11 is 0. The van der Waals surface area contributed by atoms with Gasteiger partial charge in [-0.05, 0) is 6.42 Å². The molecule has 0 aliphatic rings. The highest BCUT2D eigenvalue weighted by atomic mass is 16.5. The average Bonchev–Trinajstić information content (AvgIpc) is 2.51. The van der Waals surface area contributed by atoms with E-state index in [1.165, 1.54) is 70.6 Å². The summed E-state index contributed by atoms with van der Waals surface area (Å²) < 4.78 is 4.90. The van der Waals surface area contributed by atoms with Crippen molar-refractivity contribution in [2.24, 2.45) is 0 Å². The van der Waals surface area contributed by atoms with E-state index in [0.717, 1.165) is 12.8 Å². The fraction of sp³-hybridized carbons (Fsp3) is 0.947. The van der Waals surface area contributed by atoms with Crippen molar-refractivity contribution in [2.75, 3.05) is 6.61 Å². The zero-order chi connectivity index (χ0) is 17.2. The van der Waals surface area contributed by atoms with Crippen molar-refractivity contribution in [3.63, 3.8) is 0 Å². The van der Waals surface area contributed by atoms with E-state index in [1.807, 2.05) is 0 Å². The first-order chi connectivity index (χ1) is 11.2. The Labute approximate surface area is 142 Å². The maximum Gasteiger partial charge on any atom is 0.305 e. The third kappa shape index (κ3) is 19.3. The molecule has 0 radical (unpaired) electrons. The number of hydrogen-bond donors (Lipinski definition) is 2. The van der Waals surface area contributed by atoms with Crippen molar-refractivity contribution in [1.29, 1.82) is 0 Å². The number of aliphatic hydroxyl groups is 2. The molecule has 138 valence electrons. The molecule has 4 heteroatoms. The maximum absolute atomic E-state index is 11.3. The topological polar surface area (TPSA) is 66.8 Å². The molecule has 2 N–H and O–H groups in total. The van der Waals surface area contributed by atoms with Crippen LogP contribution in [0, 0.1) is 0 Å². The number of aliphatic hydroxyl groups excluding tert-OH is 1. The van der Waals surface area contributed by atoms with Crippen molar-refractivity contribution >= 4 is 5.97 Å². The summed E-state index contributed by atoms with van der Waals surface area (Å²) in [6.45, 7) is 2.35. The second kappa shape index (κ2) is 17.7. The minimum absolute atomic E-state index is 0.0876. The van der Waals surface area contributed by atoms with Gasteiger partial charge < -0.3 is 14.9 Å². The van der Waals surface area contributed by atoms with Crippen LogP contribution in [0.1, 0.15) is 103 Å². The van der Waals surface area contributed by atoms with Crippen LogP contribution in [0.25, 0.3) is 0 Å². The lowest BCUT2D eigenvalue weighted by atomic mass is 10.0. The molecule has 0 bridgehead atoms. The van der Waals surface area contributed by atoms with Crippen LogP contribution in [0.3, 0.4) is 0 Å². The number of hydrogen-bond acceptors (Lipinski definition) is 4. The summed E-state index contributed by atoms with van der Waals surface area (Å²) in [5.74, 6) is -0.228. The Morgan fingerprint density at radius 1 is 0.783 bits per heavy atom. The second-order valence-electron chi connectivity index (χ2n) is 6.48. The van der Waals surface area contributed by atoms with Gasteiger partial charge in [0.15, 0.2) is 6.29 Å². The fourth-order valence-electron chi connectivity index (χ4n) is 2.64. The molecular weight excluding hydrogens is 292 g/mol. The van der Waals surface area contributed by atoms with E-state index in [0.29, 0.717) is 6.42 Å². The van der Waals surface area contributed by atoms with Crippen molar-refractivity contribution in [1.82, 2.24) is 0 Å². The smallest absolute Gasteiger partial charge is 0.305 e. The van der Waals surface area contributed by atoms with Crippen molar-refractivity contribution in [3.8, 4) is 0 Å². The Morgan fingerprint density at radius 2 is 1.22 bits per heavy atom. The molecule has 0 aliphatic carbocycles. The van der Waals surface area contributed by atoms with Gasteiger partial charge in [-0.25, -0.2) is 0 Å². The molecule has 0 rings (SSSR count). The van der Waals surface area contributed by atoms with Crippen LogP contribution >= 0.6 is 0 Å². The highest BCUT2D eigenvalue weighted by molar-refractivity contribution is 5.69. The first kappa shape index (κ1) is 22.4. The minimum atomic E-state index is -1.39. The van der Waals surface area contributed by atoms with Gasteiger partial charge in [0.1, 0.15) is 0 Å². The van der Waals surface area contributed by atoms with Crippen molar-refractivity contribution < 1.29 is 19.7 Å². The van der Waals surface area contributed by atoms with Gasteiger partial charge in [0.05, 0.1) is 6.61 Å². The largest absolute Gasteiger partial charge is 0.465 e. The summed E-state index contributed by atoms with van der Waals surface area (Å²) in [6.07, 6.45) is 15.9. The summed E-state index contributed by atoms with van der Waals surface area (Å²) in [6, 6.07) is 0. The quantitative estimate of drug-likeness (QED) is 0.230. The first-order valence-electron chi connectivity index (χ1n) is 9.68. The third-order valence-corrected chi connectivity index (χ3v) is 4.12. The van der Waals surface area contributed by atoms with Gasteiger partial charge in [0.25, 0.3) is 0 Å². The molecule has 4 nitrogen and oxygen atoms in total. The van der Waals surface area contributed by atoms with E-state index in [1.54, 1.807) is 0 Å². The van der Waals surface area contributed by atoms with Crippen LogP contribution in [0.4, 0.5) is 0 Å². The van der Waals surface area contributed by atoms with Crippen LogP contribution < -0.4 is 0 Å². The lowest BCUT2D eigenvalue weighted by Gasteiger charge is -2.06. The van der Waals surface area contributed by atoms with E-state index in [9.17, 15) is 4.79 Å². The minimum Gasteiger partial charge on any atom is -0.465 e. The molecule has 0 aliphatic heterocycles. The number of rotatable bonds is 17. The molecule has 0 spiro atoms. The summed E-state index contributed by atoms with van der Waals surface area (Å²) in [7, 11) is 0. The van der Waals surface area contributed by atoms with Crippen LogP contribution in [0.2, 0.25) is 0 Å². The Morgan fingerprint density at radius 3 is 1.65 bits per heavy atom. The summed E-state index contributed by atoms with van der Waals surface area (Å²) in [4.78, 5) is 11.3. The molecular formula is C19H38O4. The predicted molar refractivity (Wildman–Crippen MR) is 94.1 cm³/mol. The van der Waals surface area contributed by atoms with E-state index in [2.05, 4.69) is 6.92 Å². The maximum atomic E-state index is 11.3. The normalized spacial score (nSPS) is 11.1. The van der Waals surface area contributed by atoms with Gasteiger partial charge >= 0.3 is 5.97 Å². The van der Waals surface area contributed by atoms with E-state index < -0.39 is 6.29 Å². The van der Waals surface area contributed by atoms with E-state index in [-0.39, 0.29) is 19.0 Å². The van der Waals surface area contributed by atoms with Crippen LogP contribution in [0.5, 0.6) is 0 Å².